The second-order valence-corrected chi connectivity index (χ2v) is 9.34. The first-order valence-corrected chi connectivity index (χ1v) is 12.0. The van der Waals surface area contributed by atoms with Crippen LogP contribution in [0.1, 0.15) is 53.6 Å². The molecule has 1 saturated heterocycles. The Morgan fingerprint density at radius 2 is 1.79 bits per heavy atom. The van der Waals surface area contributed by atoms with E-state index in [1.807, 2.05) is 12.1 Å². The van der Waals surface area contributed by atoms with Crippen LogP contribution in [0.5, 0.6) is 0 Å². The summed E-state index contributed by atoms with van der Waals surface area (Å²) >= 11 is 0. The van der Waals surface area contributed by atoms with Crippen molar-refractivity contribution in [1.29, 1.82) is 0 Å². The summed E-state index contributed by atoms with van der Waals surface area (Å²) in [6.45, 7) is 5.12. The number of halogens is 1. The molecule has 1 atom stereocenters. The minimum absolute atomic E-state index is 0.221. The molecular formula is C28H33FN4O. The molecule has 6 heteroatoms. The molecule has 1 aromatic heterocycles. The first-order valence-electron chi connectivity index (χ1n) is 12.0. The van der Waals surface area contributed by atoms with Crippen molar-refractivity contribution in [3.63, 3.8) is 0 Å². The van der Waals surface area contributed by atoms with Crippen molar-refractivity contribution in [1.82, 2.24) is 9.88 Å². The highest BCUT2D eigenvalue weighted by Gasteiger charge is 2.20. The molecule has 2 aromatic carbocycles. The lowest BCUT2D eigenvalue weighted by atomic mass is 9.85. The van der Waals surface area contributed by atoms with Gasteiger partial charge in [-0.1, -0.05) is 31.2 Å². The van der Waals surface area contributed by atoms with Gasteiger partial charge in [0.2, 0.25) is 0 Å². The molecule has 5 nitrogen and oxygen atoms in total. The predicted octanol–water partition coefficient (Wildman–Crippen LogP) is 5.92. The number of rotatable bonds is 8. The Balaban J connectivity index is 1.35. The third-order valence-electron chi connectivity index (χ3n) is 6.69. The van der Waals surface area contributed by atoms with E-state index in [0.29, 0.717) is 23.8 Å². The van der Waals surface area contributed by atoms with Gasteiger partial charge in [-0.05, 0) is 98.8 Å². The van der Waals surface area contributed by atoms with Gasteiger partial charge in [0.05, 0.1) is 5.56 Å². The molecule has 2 N–H and O–H groups in total. The van der Waals surface area contributed by atoms with Crippen molar-refractivity contribution < 1.29 is 9.18 Å². The number of likely N-dealkylation sites (tertiary alicyclic amines) is 1. The Morgan fingerprint density at radius 3 is 2.50 bits per heavy atom. The predicted molar refractivity (Wildman–Crippen MR) is 136 cm³/mol. The number of benzene rings is 2. The Bertz CT molecular complexity index is 1080. The lowest BCUT2D eigenvalue weighted by Gasteiger charge is -2.30. The number of hydrogen-bond donors (Lipinski definition) is 2. The van der Waals surface area contributed by atoms with Crippen LogP contribution in [-0.4, -0.2) is 35.9 Å². The van der Waals surface area contributed by atoms with E-state index in [1.54, 1.807) is 30.5 Å². The van der Waals surface area contributed by atoms with Crippen molar-refractivity contribution >= 4 is 17.4 Å². The van der Waals surface area contributed by atoms with Crippen LogP contribution < -0.4 is 10.6 Å². The maximum absolute atomic E-state index is 13.1. The molecule has 0 bridgehead atoms. The normalized spacial score (nSPS) is 15.6. The van der Waals surface area contributed by atoms with Gasteiger partial charge in [-0.15, -0.1) is 0 Å². The van der Waals surface area contributed by atoms with Crippen molar-refractivity contribution in [2.24, 2.45) is 5.92 Å². The number of anilines is 2. The molecule has 1 amide bonds. The molecule has 1 unspecified atom stereocenters. The van der Waals surface area contributed by atoms with Crippen LogP contribution >= 0.6 is 0 Å². The topological polar surface area (TPSA) is 57.3 Å². The quantitative estimate of drug-likeness (QED) is 0.438. The number of nitrogens with one attached hydrogen (secondary N) is 2. The van der Waals surface area contributed by atoms with Gasteiger partial charge in [0, 0.05) is 18.4 Å². The van der Waals surface area contributed by atoms with E-state index < -0.39 is 0 Å². The van der Waals surface area contributed by atoms with Crippen LogP contribution in [0.2, 0.25) is 0 Å². The van der Waals surface area contributed by atoms with Gasteiger partial charge in [-0.2, -0.15) is 0 Å². The monoisotopic (exact) mass is 460 g/mol. The fraction of sp³-hybridized carbons (Fsp3) is 0.357. The van der Waals surface area contributed by atoms with Crippen LogP contribution in [0.4, 0.5) is 15.9 Å². The lowest BCUT2D eigenvalue weighted by Crippen LogP contribution is -2.30. The molecule has 3 aromatic rings. The molecule has 0 aliphatic carbocycles. The zero-order chi connectivity index (χ0) is 23.9. The minimum atomic E-state index is -0.274. The van der Waals surface area contributed by atoms with Crippen LogP contribution in [0.3, 0.4) is 0 Å². The molecule has 1 aliphatic rings. The third-order valence-corrected chi connectivity index (χ3v) is 6.69. The van der Waals surface area contributed by atoms with Crippen molar-refractivity contribution in [3.05, 3.63) is 89.4 Å². The maximum Gasteiger partial charge on any atom is 0.259 e. The van der Waals surface area contributed by atoms with Crippen LogP contribution in [0.25, 0.3) is 0 Å². The molecule has 0 saturated carbocycles. The van der Waals surface area contributed by atoms with Gasteiger partial charge >= 0.3 is 0 Å². The third kappa shape index (κ3) is 6.41. The highest BCUT2D eigenvalue weighted by atomic mass is 19.1. The van der Waals surface area contributed by atoms with E-state index in [1.165, 1.54) is 50.0 Å². The second kappa shape index (κ2) is 11.3. The summed E-state index contributed by atoms with van der Waals surface area (Å²) in [6, 6.07) is 17.9. The number of nitrogens with zero attached hydrogens (tertiary/aromatic N) is 2. The standard InChI is InChI=1S/C28H33FN4O/c1-20(18-21-13-16-33(2)17-14-21)23-7-11-25(12-8-23)32-28(34)26-4-3-15-30-27(26)31-19-22-5-9-24(29)10-6-22/h3-12,15,20-21H,13-14,16-19H2,1-2H3,(H,30,31)(H,32,34). The SMILES string of the molecule is CC(CC1CCN(C)CC1)c1ccc(NC(=O)c2cccnc2NCc2ccc(F)cc2)cc1. The fourth-order valence-electron chi connectivity index (χ4n) is 4.54. The second-order valence-electron chi connectivity index (χ2n) is 9.34. The number of piperidine rings is 1. The molecule has 0 radical (unpaired) electrons. The highest BCUT2D eigenvalue weighted by Crippen LogP contribution is 2.30. The molecule has 34 heavy (non-hydrogen) atoms. The van der Waals surface area contributed by atoms with E-state index in [9.17, 15) is 9.18 Å². The summed E-state index contributed by atoms with van der Waals surface area (Å²) < 4.78 is 13.1. The summed E-state index contributed by atoms with van der Waals surface area (Å²) in [5.41, 5.74) is 3.43. The van der Waals surface area contributed by atoms with E-state index in [-0.39, 0.29) is 11.7 Å². The Morgan fingerprint density at radius 1 is 1.09 bits per heavy atom. The number of carbonyl (C=O) groups is 1. The van der Waals surface area contributed by atoms with E-state index >= 15 is 0 Å². The summed E-state index contributed by atoms with van der Waals surface area (Å²) in [7, 11) is 2.20. The van der Waals surface area contributed by atoms with Crippen molar-refractivity contribution in [2.75, 3.05) is 30.8 Å². The Labute approximate surface area is 201 Å². The first-order chi connectivity index (χ1) is 16.5. The summed E-state index contributed by atoms with van der Waals surface area (Å²) in [5.74, 6) is 1.29. The molecule has 0 spiro atoms. The minimum Gasteiger partial charge on any atom is -0.365 e. The van der Waals surface area contributed by atoms with Gasteiger partial charge in [0.1, 0.15) is 11.6 Å². The molecular weight excluding hydrogens is 427 g/mol. The first kappa shape index (κ1) is 23.9. The molecule has 1 aliphatic heterocycles. The van der Waals surface area contributed by atoms with E-state index in [0.717, 1.165) is 17.2 Å². The fourth-order valence-corrected chi connectivity index (χ4v) is 4.54. The Kier molecular flexibility index (Phi) is 7.91. The average Bonchev–Trinajstić information content (AvgIpc) is 2.85. The maximum atomic E-state index is 13.1. The van der Waals surface area contributed by atoms with Crippen molar-refractivity contribution in [2.45, 2.75) is 38.6 Å². The lowest BCUT2D eigenvalue weighted by molar-refractivity contribution is 0.102. The van der Waals surface area contributed by atoms with E-state index in [2.05, 4.69) is 46.6 Å². The average molecular weight is 461 g/mol. The Hall–Kier alpha value is -3.25. The molecule has 1 fully saturated rings. The molecule has 4 rings (SSSR count). The highest BCUT2D eigenvalue weighted by molar-refractivity contribution is 6.07. The van der Waals surface area contributed by atoms with Crippen LogP contribution in [0, 0.1) is 11.7 Å². The van der Waals surface area contributed by atoms with Crippen LogP contribution in [0.15, 0.2) is 66.9 Å². The van der Waals surface area contributed by atoms with Gasteiger partial charge in [-0.25, -0.2) is 9.37 Å². The van der Waals surface area contributed by atoms with Crippen LogP contribution in [-0.2, 0) is 6.54 Å². The van der Waals surface area contributed by atoms with E-state index in [4.69, 9.17) is 0 Å². The summed E-state index contributed by atoms with van der Waals surface area (Å²) in [6.07, 6.45) is 5.40. The zero-order valence-corrected chi connectivity index (χ0v) is 19.9. The van der Waals surface area contributed by atoms with Gasteiger partial charge in [0.15, 0.2) is 0 Å². The van der Waals surface area contributed by atoms with Gasteiger partial charge < -0.3 is 15.5 Å². The summed E-state index contributed by atoms with van der Waals surface area (Å²) in [4.78, 5) is 19.7. The zero-order valence-electron chi connectivity index (χ0n) is 19.9. The van der Waals surface area contributed by atoms with Crippen molar-refractivity contribution in [3.8, 4) is 0 Å². The molecule has 2 heterocycles. The van der Waals surface area contributed by atoms with Gasteiger partial charge in [0.25, 0.3) is 5.91 Å². The number of carbonyl (C=O) groups excluding carboxylic acids is 1. The molecule has 178 valence electrons. The number of aromatic nitrogens is 1. The van der Waals surface area contributed by atoms with Gasteiger partial charge in [-0.3, -0.25) is 4.79 Å². The number of hydrogen-bond acceptors (Lipinski definition) is 4. The smallest absolute Gasteiger partial charge is 0.259 e. The largest absolute Gasteiger partial charge is 0.365 e. The number of pyridine rings is 1. The summed E-state index contributed by atoms with van der Waals surface area (Å²) in [5, 5.41) is 6.17. The number of amides is 1.